The highest BCUT2D eigenvalue weighted by Crippen LogP contribution is 2.35. The lowest BCUT2D eigenvalue weighted by Gasteiger charge is -2.31. The lowest BCUT2D eigenvalue weighted by atomic mass is 10.0. The Morgan fingerprint density at radius 3 is 2.57 bits per heavy atom. The zero-order valence-corrected chi connectivity index (χ0v) is 8.63. The molecule has 0 radical (unpaired) electrons. The van der Waals surface area contributed by atoms with Gasteiger partial charge in [0.2, 0.25) is 0 Å². The van der Waals surface area contributed by atoms with Crippen LogP contribution in [0.5, 0.6) is 0 Å². The molecule has 2 aliphatic rings. The molecule has 2 heteroatoms. The van der Waals surface area contributed by atoms with E-state index in [-0.39, 0.29) is 11.9 Å². The van der Waals surface area contributed by atoms with Gasteiger partial charge in [0, 0.05) is 6.61 Å². The summed E-state index contributed by atoms with van der Waals surface area (Å²) in [6.07, 6.45) is 13.3. The fourth-order valence-electron chi connectivity index (χ4n) is 2.30. The van der Waals surface area contributed by atoms with Gasteiger partial charge in [0.05, 0.1) is 0 Å². The van der Waals surface area contributed by atoms with Gasteiger partial charge >= 0.3 is 0 Å². The molecule has 0 aromatic heterocycles. The van der Waals surface area contributed by atoms with Crippen LogP contribution in [0.2, 0.25) is 0 Å². The Balaban J connectivity index is 1.90. The van der Waals surface area contributed by atoms with Crippen LogP contribution in [0.25, 0.3) is 0 Å². The maximum atomic E-state index is 5.93. The molecular formula is C12H18O2. The minimum atomic E-state index is -0.304. The Kier molecular flexibility index (Phi) is 3.10. The van der Waals surface area contributed by atoms with Crippen LogP contribution in [-0.2, 0) is 9.47 Å². The Bertz CT molecular complexity index is 217. The summed E-state index contributed by atoms with van der Waals surface area (Å²) >= 11 is 0. The zero-order valence-electron chi connectivity index (χ0n) is 8.63. The Hall–Kier alpha value is -0.520. The van der Waals surface area contributed by atoms with Gasteiger partial charge in [-0.1, -0.05) is 5.92 Å². The van der Waals surface area contributed by atoms with Crippen molar-refractivity contribution in [2.45, 2.75) is 56.8 Å². The standard InChI is InChI=1S/C12H18O2/c1-2-12(8-4-5-9-12)14-11-7-3-6-10-13-11/h1,11H,3-10H2. The van der Waals surface area contributed by atoms with Crippen molar-refractivity contribution in [1.82, 2.24) is 0 Å². The summed E-state index contributed by atoms with van der Waals surface area (Å²) in [6, 6.07) is 0. The van der Waals surface area contributed by atoms with Gasteiger partial charge in [-0.25, -0.2) is 0 Å². The van der Waals surface area contributed by atoms with Gasteiger partial charge < -0.3 is 9.47 Å². The molecule has 1 aliphatic carbocycles. The molecule has 14 heavy (non-hydrogen) atoms. The van der Waals surface area contributed by atoms with E-state index in [0.29, 0.717) is 0 Å². The van der Waals surface area contributed by atoms with Crippen LogP contribution >= 0.6 is 0 Å². The molecule has 0 bridgehead atoms. The highest BCUT2D eigenvalue weighted by molar-refractivity contribution is 5.11. The average Bonchev–Trinajstić information content (AvgIpc) is 2.69. The number of hydrogen-bond donors (Lipinski definition) is 0. The van der Waals surface area contributed by atoms with Crippen molar-refractivity contribution in [3.8, 4) is 12.3 Å². The van der Waals surface area contributed by atoms with Gasteiger partial charge in [0.1, 0.15) is 5.60 Å². The Morgan fingerprint density at radius 2 is 2.00 bits per heavy atom. The molecule has 0 N–H and O–H groups in total. The summed E-state index contributed by atoms with van der Waals surface area (Å²) in [6.45, 7) is 0.825. The predicted molar refractivity (Wildman–Crippen MR) is 54.7 cm³/mol. The summed E-state index contributed by atoms with van der Waals surface area (Å²) in [4.78, 5) is 0. The summed E-state index contributed by atoms with van der Waals surface area (Å²) in [5, 5.41) is 0. The normalized spacial score (nSPS) is 31.2. The van der Waals surface area contributed by atoms with Crippen molar-refractivity contribution in [1.29, 1.82) is 0 Å². The molecule has 78 valence electrons. The topological polar surface area (TPSA) is 18.5 Å². The van der Waals surface area contributed by atoms with Crippen LogP contribution in [0.1, 0.15) is 44.9 Å². The van der Waals surface area contributed by atoms with E-state index in [1.165, 1.54) is 19.3 Å². The van der Waals surface area contributed by atoms with Gasteiger partial charge in [-0.05, 0) is 44.9 Å². The minimum Gasteiger partial charge on any atom is -0.353 e. The van der Waals surface area contributed by atoms with E-state index in [0.717, 1.165) is 32.3 Å². The monoisotopic (exact) mass is 194 g/mol. The molecule has 0 aromatic rings. The van der Waals surface area contributed by atoms with Gasteiger partial charge in [0.25, 0.3) is 0 Å². The Morgan fingerprint density at radius 1 is 1.21 bits per heavy atom. The van der Waals surface area contributed by atoms with Crippen LogP contribution in [0.4, 0.5) is 0 Å². The van der Waals surface area contributed by atoms with Gasteiger partial charge in [-0.3, -0.25) is 0 Å². The van der Waals surface area contributed by atoms with E-state index in [4.69, 9.17) is 15.9 Å². The van der Waals surface area contributed by atoms with Crippen LogP contribution < -0.4 is 0 Å². The first-order chi connectivity index (χ1) is 6.85. The predicted octanol–water partition coefficient (Wildman–Crippen LogP) is 2.48. The van der Waals surface area contributed by atoms with Crippen molar-refractivity contribution in [3.63, 3.8) is 0 Å². The maximum absolute atomic E-state index is 5.93. The third-order valence-electron chi connectivity index (χ3n) is 3.17. The lowest BCUT2D eigenvalue weighted by Crippen LogP contribution is -2.35. The van der Waals surface area contributed by atoms with Gasteiger partial charge in [0.15, 0.2) is 6.29 Å². The third-order valence-corrected chi connectivity index (χ3v) is 3.17. The van der Waals surface area contributed by atoms with Crippen molar-refractivity contribution in [3.05, 3.63) is 0 Å². The molecule has 1 heterocycles. The molecule has 2 nitrogen and oxygen atoms in total. The number of rotatable bonds is 2. The Labute approximate surface area is 86.0 Å². The van der Waals surface area contributed by atoms with E-state index >= 15 is 0 Å². The summed E-state index contributed by atoms with van der Waals surface area (Å²) < 4.78 is 11.5. The molecule has 0 spiro atoms. The SMILES string of the molecule is C#CC1(OC2CCCCO2)CCCC1. The van der Waals surface area contributed by atoms with Gasteiger partial charge in [-0.15, -0.1) is 6.42 Å². The maximum Gasteiger partial charge on any atom is 0.159 e. The van der Waals surface area contributed by atoms with Crippen molar-refractivity contribution < 1.29 is 9.47 Å². The average molecular weight is 194 g/mol. The molecule has 1 atom stereocenters. The minimum absolute atomic E-state index is 0.0436. The highest BCUT2D eigenvalue weighted by atomic mass is 16.7. The second kappa shape index (κ2) is 4.33. The van der Waals surface area contributed by atoms with Gasteiger partial charge in [-0.2, -0.15) is 0 Å². The summed E-state index contributed by atoms with van der Waals surface area (Å²) in [5.41, 5.74) is -0.304. The van der Waals surface area contributed by atoms with E-state index in [2.05, 4.69) is 5.92 Å². The quantitative estimate of drug-likeness (QED) is 0.629. The number of hydrogen-bond acceptors (Lipinski definition) is 2. The molecule has 1 saturated carbocycles. The fourth-order valence-corrected chi connectivity index (χ4v) is 2.30. The first-order valence-electron chi connectivity index (χ1n) is 5.62. The van der Waals surface area contributed by atoms with E-state index in [9.17, 15) is 0 Å². The van der Waals surface area contributed by atoms with Crippen molar-refractivity contribution in [2.75, 3.05) is 6.61 Å². The summed E-state index contributed by atoms with van der Waals surface area (Å²) in [7, 11) is 0. The first-order valence-corrected chi connectivity index (χ1v) is 5.62. The molecule has 0 amide bonds. The van der Waals surface area contributed by atoms with Crippen molar-refractivity contribution >= 4 is 0 Å². The first kappa shape index (κ1) is 10.0. The second-order valence-corrected chi connectivity index (χ2v) is 4.26. The smallest absolute Gasteiger partial charge is 0.159 e. The zero-order chi connectivity index (χ0) is 9.86. The number of ether oxygens (including phenoxy) is 2. The van der Waals surface area contributed by atoms with Crippen LogP contribution in [0, 0.1) is 12.3 Å². The van der Waals surface area contributed by atoms with E-state index in [1.807, 2.05) is 0 Å². The molecule has 1 aliphatic heterocycles. The third kappa shape index (κ3) is 2.10. The number of terminal acetylenes is 1. The molecule has 1 unspecified atom stereocenters. The van der Waals surface area contributed by atoms with E-state index in [1.54, 1.807) is 0 Å². The molecular weight excluding hydrogens is 176 g/mol. The fraction of sp³-hybridized carbons (Fsp3) is 0.833. The van der Waals surface area contributed by atoms with Crippen LogP contribution in [0.3, 0.4) is 0 Å². The lowest BCUT2D eigenvalue weighted by molar-refractivity contribution is -0.206. The van der Waals surface area contributed by atoms with Crippen LogP contribution in [0.15, 0.2) is 0 Å². The molecule has 1 saturated heterocycles. The largest absolute Gasteiger partial charge is 0.353 e. The van der Waals surface area contributed by atoms with Crippen LogP contribution in [-0.4, -0.2) is 18.5 Å². The highest BCUT2D eigenvalue weighted by Gasteiger charge is 2.36. The summed E-state index contributed by atoms with van der Waals surface area (Å²) in [5.74, 6) is 2.82. The second-order valence-electron chi connectivity index (χ2n) is 4.26. The van der Waals surface area contributed by atoms with Crippen molar-refractivity contribution in [2.24, 2.45) is 0 Å². The molecule has 2 rings (SSSR count). The van der Waals surface area contributed by atoms with E-state index < -0.39 is 0 Å². The molecule has 2 fully saturated rings. The molecule has 0 aromatic carbocycles.